The molecule has 2 aliphatic rings. The van der Waals surface area contributed by atoms with E-state index in [-0.39, 0.29) is 5.54 Å². The molecule has 3 heteroatoms. The number of benzene rings is 1. The molecule has 0 radical (unpaired) electrons. The number of rotatable bonds is 4. The van der Waals surface area contributed by atoms with Crippen LogP contribution in [0.1, 0.15) is 24.0 Å². The maximum absolute atomic E-state index is 6.19. The minimum absolute atomic E-state index is 0.166. The third-order valence-corrected chi connectivity index (χ3v) is 4.42. The van der Waals surface area contributed by atoms with Crippen LogP contribution < -0.4 is 5.73 Å². The Kier molecular flexibility index (Phi) is 3.61. The number of nitrogens with zero attached hydrogens (tertiary/aromatic N) is 2. The molecule has 0 spiro atoms. The second-order valence-electron chi connectivity index (χ2n) is 6.40. The topological polar surface area (TPSA) is 32.5 Å². The Morgan fingerprint density at radius 3 is 2.16 bits per heavy atom. The Balaban J connectivity index is 1.46. The Morgan fingerprint density at radius 1 is 1.00 bits per heavy atom. The lowest BCUT2D eigenvalue weighted by Crippen LogP contribution is -2.50. The minimum Gasteiger partial charge on any atom is -0.324 e. The lowest BCUT2D eigenvalue weighted by atomic mass is 10.1. The van der Waals surface area contributed by atoms with Crippen molar-refractivity contribution in [1.29, 1.82) is 0 Å². The first-order valence-electron chi connectivity index (χ1n) is 7.42. The Bertz CT molecular complexity index is 414. The fourth-order valence-electron chi connectivity index (χ4n) is 2.82. The van der Waals surface area contributed by atoms with Gasteiger partial charge in [0, 0.05) is 44.8 Å². The van der Waals surface area contributed by atoms with Crippen LogP contribution in [-0.4, -0.2) is 48.1 Å². The van der Waals surface area contributed by atoms with Crippen molar-refractivity contribution in [2.24, 2.45) is 5.73 Å². The molecule has 1 heterocycles. The van der Waals surface area contributed by atoms with Crippen LogP contribution in [0, 0.1) is 6.92 Å². The molecule has 0 atom stereocenters. The third-order valence-electron chi connectivity index (χ3n) is 4.42. The van der Waals surface area contributed by atoms with Crippen LogP contribution >= 0.6 is 0 Å². The van der Waals surface area contributed by atoms with Gasteiger partial charge in [-0.1, -0.05) is 29.8 Å². The summed E-state index contributed by atoms with van der Waals surface area (Å²) in [5.41, 5.74) is 9.13. The normalized spacial score (nSPS) is 23.5. The number of aryl methyl sites for hydroxylation is 1. The Labute approximate surface area is 116 Å². The van der Waals surface area contributed by atoms with E-state index in [1.807, 2.05) is 0 Å². The van der Waals surface area contributed by atoms with Crippen LogP contribution in [0.5, 0.6) is 0 Å². The maximum Gasteiger partial charge on any atom is 0.0284 e. The summed E-state index contributed by atoms with van der Waals surface area (Å²) in [6.45, 7) is 9.01. The molecule has 0 aromatic heterocycles. The van der Waals surface area contributed by atoms with Gasteiger partial charge in [0.2, 0.25) is 0 Å². The Morgan fingerprint density at radius 2 is 1.58 bits per heavy atom. The van der Waals surface area contributed by atoms with Gasteiger partial charge in [0.05, 0.1) is 0 Å². The number of piperazine rings is 1. The van der Waals surface area contributed by atoms with Gasteiger partial charge in [0.25, 0.3) is 0 Å². The van der Waals surface area contributed by atoms with Crippen LogP contribution in [0.2, 0.25) is 0 Å². The molecule has 3 rings (SSSR count). The minimum atomic E-state index is 0.166. The molecule has 0 unspecified atom stereocenters. The first-order valence-corrected chi connectivity index (χ1v) is 7.42. The van der Waals surface area contributed by atoms with Crippen molar-refractivity contribution in [3.63, 3.8) is 0 Å². The van der Waals surface area contributed by atoms with Crippen molar-refractivity contribution in [3.8, 4) is 0 Å². The largest absolute Gasteiger partial charge is 0.324 e. The van der Waals surface area contributed by atoms with E-state index in [2.05, 4.69) is 41.0 Å². The average Bonchev–Trinajstić information content (AvgIpc) is 3.12. The quantitative estimate of drug-likeness (QED) is 0.891. The SMILES string of the molecule is Cc1ccc(CN2CCN(CC3(N)CC3)CC2)cc1. The van der Waals surface area contributed by atoms with E-state index in [4.69, 9.17) is 5.73 Å². The van der Waals surface area contributed by atoms with Gasteiger partial charge in [-0.3, -0.25) is 9.80 Å². The molecule has 1 aliphatic carbocycles. The van der Waals surface area contributed by atoms with E-state index in [0.717, 1.165) is 13.1 Å². The molecule has 1 aromatic rings. The van der Waals surface area contributed by atoms with Gasteiger partial charge in [-0.25, -0.2) is 0 Å². The molecule has 2 N–H and O–H groups in total. The summed E-state index contributed by atoms with van der Waals surface area (Å²) >= 11 is 0. The fourth-order valence-corrected chi connectivity index (χ4v) is 2.82. The van der Waals surface area contributed by atoms with E-state index in [0.29, 0.717) is 0 Å². The van der Waals surface area contributed by atoms with Gasteiger partial charge in [-0.05, 0) is 25.3 Å². The van der Waals surface area contributed by atoms with Crippen LogP contribution in [0.4, 0.5) is 0 Å². The molecule has 0 bridgehead atoms. The lowest BCUT2D eigenvalue weighted by Gasteiger charge is -2.36. The number of hydrogen-bond donors (Lipinski definition) is 1. The molecule has 19 heavy (non-hydrogen) atoms. The van der Waals surface area contributed by atoms with Gasteiger partial charge >= 0.3 is 0 Å². The molecule has 2 fully saturated rings. The highest BCUT2D eigenvalue weighted by Crippen LogP contribution is 2.33. The summed E-state index contributed by atoms with van der Waals surface area (Å²) in [5, 5.41) is 0. The van der Waals surface area contributed by atoms with E-state index in [9.17, 15) is 0 Å². The lowest BCUT2D eigenvalue weighted by molar-refractivity contribution is 0.119. The van der Waals surface area contributed by atoms with Crippen LogP contribution in [0.25, 0.3) is 0 Å². The zero-order valence-corrected chi connectivity index (χ0v) is 11.9. The summed E-state index contributed by atoms with van der Waals surface area (Å²) < 4.78 is 0. The van der Waals surface area contributed by atoms with Crippen LogP contribution in [-0.2, 0) is 6.54 Å². The monoisotopic (exact) mass is 259 g/mol. The fraction of sp³-hybridized carbons (Fsp3) is 0.625. The number of nitrogens with two attached hydrogens (primary N) is 1. The van der Waals surface area contributed by atoms with E-state index >= 15 is 0 Å². The van der Waals surface area contributed by atoms with Gasteiger partial charge in [0.1, 0.15) is 0 Å². The summed E-state index contributed by atoms with van der Waals surface area (Å²) in [6.07, 6.45) is 2.44. The van der Waals surface area contributed by atoms with Gasteiger partial charge in [0.15, 0.2) is 0 Å². The smallest absolute Gasteiger partial charge is 0.0284 e. The highest BCUT2D eigenvalue weighted by Gasteiger charge is 2.39. The molecule has 3 nitrogen and oxygen atoms in total. The first-order chi connectivity index (χ1) is 9.13. The van der Waals surface area contributed by atoms with Crippen molar-refractivity contribution in [2.45, 2.75) is 31.8 Å². The van der Waals surface area contributed by atoms with E-state index < -0.39 is 0 Å². The van der Waals surface area contributed by atoms with Gasteiger partial charge in [-0.2, -0.15) is 0 Å². The van der Waals surface area contributed by atoms with Gasteiger partial charge in [-0.15, -0.1) is 0 Å². The molecule has 1 aromatic carbocycles. The second kappa shape index (κ2) is 5.23. The highest BCUT2D eigenvalue weighted by atomic mass is 15.3. The van der Waals surface area contributed by atoms with Gasteiger partial charge < -0.3 is 5.73 Å². The predicted octanol–water partition coefficient (Wildman–Crippen LogP) is 1.60. The van der Waals surface area contributed by atoms with E-state index in [1.165, 1.54) is 50.1 Å². The van der Waals surface area contributed by atoms with Crippen LogP contribution in [0.3, 0.4) is 0 Å². The second-order valence-corrected chi connectivity index (χ2v) is 6.40. The Hall–Kier alpha value is -0.900. The molecule has 1 saturated heterocycles. The molecule has 0 amide bonds. The van der Waals surface area contributed by atoms with Crippen molar-refractivity contribution in [3.05, 3.63) is 35.4 Å². The zero-order valence-electron chi connectivity index (χ0n) is 11.9. The predicted molar refractivity (Wildman–Crippen MR) is 79.0 cm³/mol. The summed E-state index contributed by atoms with van der Waals surface area (Å²) in [4.78, 5) is 5.09. The third kappa shape index (κ3) is 3.56. The average molecular weight is 259 g/mol. The molecular formula is C16H25N3. The van der Waals surface area contributed by atoms with Crippen LogP contribution in [0.15, 0.2) is 24.3 Å². The standard InChI is InChI=1S/C16H25N3/c1-14-2-4-15(5-3-14)12-18-8-10-19(11-9-18)13-16(17)6-7-16/h2-5H,6-13,17H2,1H3. The highest BCUT2D eigenvalue weighted by molar-refractivity contribution is 5.21. The first kappa shape index (κ1) is 13.1. The molecule has 1 saturated carbocycles. The summed E-state index contributed by atoms with van der Waals surface area (Å²) in [6, 6.07) is 8.91. The molecular weight excluding hydrogens is 234 g/mol. The molecule has 1 aliphatic heterocycles. The van der Waals surface area contributed by atoms with Crippen molar-refractivity contribution in [2.75, 3.05) is 32.7 Å². The van der Waals surface area contributed by atoms with Crippen molar-refractivity contribution >= 4 is 0 Å². The summed E-state index contributed by atoms with van der Waals surface area (Å²) in [5.74, 6) is 0. The van der Waals surface area contributed by atoms with Crippen molar-refractivity contribution in [1.82, 2.24) is 9.80 Å². The van der Waals surface area contributed by atoms with E-state index in [1.54, 1.807) is 0 Å². The summed E-state index contributed by atoms with van der Waals surface area (Å²) in [7, 11) is 0. The van der Waals surface area contributed by atoms with Crippen molar-refractivity contribution < 1.29 is 0 Å². The molecule has 104 valence electrons. The maximum atomic E-state index is 6.19. The zero-order chi connectivity index (χ0) is 13.3. The number of hydrogen-bond acceptors (Lipinski definition) is 3.